The Hall–Kier alpha value is -3.32. The van der Waals surface area contributed by atoms with Crippen molar-refractivity contribution in [1.29, 1.82) is 0 Å². The smallest absolute Gasteiger partial charge is 0.243 e. The summed E-state index contributed by atoms with van der Waals surface area (Å²) in [5, 5.41) is 10.2. The maximum atomic E-state index is 12.4. The van der Waals surface area contributed by atoms with Crippen molar-refractivity contribution in [3.05, 3.63) is 71.5 Å². The molecular weight excluding hydrogens is 392 g/mol. The Morgan fingerprint density at radius 3 is 2.79 bits per heavy atom. The van der Waals surface area contributed by atoms with Gasteiger partial charge in [0.1, 0.15) is 12.4 Å². The molecule has 1 aliphatic rings. The van der Waals surface area contributed by atoms with Crippen LogP contribution >= 0.6 is 11.6 Å². The average Bonchev–Trinajstić information content (AvgIpc) is 3.27. The summed E-state index contributed by atoms with van der Waals surface area (Å²) in [4.78, 5) is 24.6. The second-order valence-corrected chi connectivity index (χ2v) is 7.16. The summed E-state index contributed by atoms with van der Waals surface area (Å²) in [5.41, 5.74) is 2.43. The number of carbonyl (C=O) groups is 2. The van der Waals surface area contributed by atoms with Crippen molar-refractivity contribution in [3.63, 3.8) is 0 Å². The fourth-order valence-electron chi connectivity index (χ4n) is 3.17. The van der Waals surface area contributed by atoms with Gasteiger partial charge in [0, 0.05) is 23.1 Å². The minimum absolute atomic E-state index is 0.112. The molecule has 1 aromatic heterocycles. The maximum Gasteiger partial charge on any atom is 0.243 e. The zero-order valence-corrected chi connectivity index (χ0v) is 16.2. The molecule has 4 rings (SSSR count). The number of aromatic nitrogens is 2. The molecule has 0 fully saturated rings. The van der Waals surface area contributed by atoms with Crippen LogP contribution in [0.4, 0.5) is 5.69 Å². The van der Waals surface area contributed by atoms with Gasteiger partial charge in [-0.25, -0.2) is 4.68 Å². The van der Waals surface area contributed by atoms with Gasteiger partial charge in [-0.15, -0.1) is 0 Å². The first-order chi connectivity index (χ1) is 14.1. The molecule has 29 heavy (non-hydrogen) atoms. The van der Waals surface area contributed by atoms with Crippen LogP contribution in [0.25, 0.3) is 5.69 Å². The quantitative estimate of drug-likeness (QED) is 0.677. The minimum atomic E-state index is -0.359. The van der Waals surface area contributed by atoms with E-state index in [4.69, 9.17) is 16.3 Å². The Balaban J connectivity index is 1.28. The Morgan fingerprint density at radius 1 is 1.21 bits per heavy atom. The predicted octanol–water partition coefficient (Wildman–Crippen LogP) is 2.83. The molecule has 7 nitrogen and oxygen atoms in total. The van der Waals surface area contributed by atoms with E-state index in [0.717, 1.165) is 17.0 Å². The van der Waals surface area contributed by atoms with E-state index in [9.17, 15) is 9.59 Å². The zero-order chi connectivity index (χ0) is 20.2. The third kappa shape index (κ3) is 4.57. The van der Waals surface area contributed by atoms with Gasteiger partial charge in [-0.05, 0) is 60.5 Å². The number of hydrogen-bond donors (Lipinski definition) is 2. The molecule has 1 aliphatic heterocycles. The Bertz CT molecular complexity index is 1020. The van der Waals surface area contributed by atoms with Crippen LogP contribution in [0.1, 0.15) is 5.56 Å². The summed E-state index contributed by atoms with van der Waals surface area (Å²) >= 11 is 6.01. The van der Waals surface area contributed by atoms with Crippen LogP contribution in [0.2, 0.25) is 5.02 Å². The highest BCUT2D eigenvalue weighted by Gasteiger charge is 2.26. The molecule has 2 aromatic carbocycles. The lowest BCUT2D eigenvalue weighted by atomic mass is 9.96. The van der Waals surface area contributed by atoms with Crippen molar-refractivity contribution in [2.45, 2.75) is 6.42 Å². The third-order valence-corrected chi connectivity index (χ3v) is 4.88. The number of nitrogens with one attached hydrogen (secondary N) is 2. The van der Waals surface area contributed by atoms with Gasteiger partial charge >= 0.3 is 0 Å². The Kier molecular flexibility index (Phi) is 5.48. The molecule has 1 atom stereocenters. The number of carbonyl (C=O) groups excluding carboxylic acids is 2. The van der Waals surface area contributed by atoms with Crippen LogP contribution in [-0.2, 0) is 16.0 Å². The van der Waals surface area contributed by atoms with Crippen molar-refractivity contribution in [3.8, 4) is 11.4 Å². The first-order valence-electron chi connectivity index (χ1n) is 9.17. The lowest BCUT2D eigenvalue weighted by molar-refractivity contribution is -0.128. The molecular formula is C21H19ClN4O3. The van der Waals surface area contributed by atoms with E-state index in [-0.39, 0.29) is 30.9 Å². The SMILES string of the molecule is O=C(CNC(=O)[C@@H]1COc2ccc(Cl)cc2C1)Nc1ccc(-n2cccn2)cc1. The number of ether oxygens (including phenoxy) is 1. The number of fused-ring (bicyclic) bond motifs is 1. The Morgan fingerprint density at radius 2 is 2.03 bits per heavy atom. The number of anilines is 1. The number of halogens is 1. The summed E-state index contributed by atoms with van der Waals surface area (Å²) < 4.78 is 7.35. The van der Waals surface area contributed by atoms with Gasteiger partial charge in [-0.1, -0.05) is 11.6 Å². The fourth-order valence-corrected chi connectivity index (χ4v) is 3.36. The summed E-state index contributed by atoms with van der Waals surface area (Å²) in [7, 11) is 0. The molecule has 3 aromatic rings. The normalized spacial score (nSPS) is 15.1. The highest BCUT2D eigenvalue weighted by atomic mass is 35.5. The van der Waals surface area contributed by atoms with E-state index < -0.39 is 0 Å². The van der Waals surface area contributed by atoms with E-state index in [1.807, 2.05) is 24.4 Å². The molecule has 148 valence electrons. The number of nitrogens with zero attached hydrogens (tertiary/aromatic N) is 2. The standard InChI is InChI=1S/C21H19ClN4O3/c22-16-2-7-19-14(11-16)10-15(13-29-19)21(28)23-12-20(27)25-17-3-5-18(6-4-17)26-9-1-8-24-26/h1-9,11,15H,10,12-13H2,(H,23,28)(H,25,27)/t15-/m0/s1. The van der Waals surface area contributed by atoms with Crippen molar-refractivity contribution < 1.29 is 14.3 Å². The van der Waals surface area contributed by atoms with Crippen LogP contribution in [-0.4, -0.2) is 34.7 Å². The number of hydrogen-bond acceptors (Lipinski definition) is 4. The molecule has 0 saturated carbocycles. The Labute approximate surface area is 172 Å². The van der Waals surface area contributed by atoms with Gasteiger partial charge in [0.2, 0.25) is 11.8 Å². The molecule has 0 unspecified atom stereocenters. The number of benzene rings is 2. The van der Waals surface area contributed by atoms with Gasteiger partial charge < -0.3 is 15.4 Å². The average molecular weight is 411 g/mol. The molecule has 0 radical (unpaired) electrons. The summed E-state index contributed by atoms with van der Waals surface area (Å²) in [5.74, 6) is -0.137. The van der Waals surface area contributed by atoms with Crippen LogP contribution in [0.15, 0.2) is 60.9 Å². The molecule has 2 amide bonds. The maximum absolute atomic E-state index is 12.4. The predicted molar refractivity (Wildman–Crippen MR) is 109 cm³/mol. The minimum Gasteiger partial charge on any atom is -0.492 e. The largest absolute Gasteiger partial charge is 0.492 e. The number of rotatable bonds is 5. The molecule has 0 bridgehead atoms. The van der Waals surface area contributed by atoms with Gasteiger partial charge in [0.15, 0.2) is 0 Å². The van der Waals surface area contributed by atoms with Crippen LogP contribution in [0.3, 0.4) is 0 Å². The third-order valence-electron chi connectivity index (χ3n) is 4.64. The highest BCUT2D eigenvalue weighted by molar-refractivity contribution is 6.30. The number of amides is 2. The fraction of sp³-hybridized carbons (Fsp3) is 0.190. The van der Waals surface area contributed by atoms with Crippen molar-refractivity contribution in [1.82, 2.24) is 15.1 Å². The first-order valence-corrected chi connectivity index (χ1v) is 9.55. The molecule has 0 saturated heterocycles. The monoisotopic (exact) mass is 410 g/mol. The van der Waals surface area contributed by atoms with E-state index >= 15 is 0 Å². The first kappa shape index (κ1) is 19.0. The summed E-state index contributed by atoms with van der Waals surface area (Å²) in [6.45, 7) is 0.162. The van der Waals surface area contributed by atoms with Gasteiger partial charge in [0.05, 0.1) is 18.2 Å². The second kappa shape index (κ2) is 8.36. The zero-order valence-electron chi connectivity index (χ0n) is 15.5. The van der Waals surface area contributed by atoms with E-state index in [2.05, 4.69) is 15.7 Å². The van der Waals surface area contributed by atoms with Crippen molar-refractivity contribution in [2.24, 2.45) is 5.92 Å². The summed E-state index contributed by atoms with van der Waals surface area (Å²) in [6.07, 6.45) is 4.06. The van der Waals surface area contributed by atoms with Gasteiger partial charge in [0.25, 0.3) is 0 Å². The van der Waals surface area contributed by atoms with Gasteiger partial charge in [-0.2, -0.15) is 5.10 Å². The van der Waals surface area contributed by atoms with Crippen LogP contribution in [0, 0.1) is 5.92 Å². The van der Waals surface area contributed by atoms with E-state index in [1.165, 1.54) is 0 Å². The van der Waals surface area contributed by atoms with Crippen molar-refractivity contribution >= 4 is 29.1 Å². The molecule has 2 N–H and O–H groups in total. The van der Waals surface area contributed by atoms with Gasteiger partial charge in [-0.3, -0.25) is 9.59 Å². The summed E-state index contributed by atoms with van der Waals surface area (Å²) in [6, 6.07) is 14.5. The molecule has 8 heteroatoms. The van der Waals surface area contributed by atoms with Crippen LogP contribution < -0.4 is 15.4 Å². The highest BCUT2D eigenvalue weighted by Crippen LogP contribution is 2.29. The molecule has 0 aliphatic carbocycles. The van der Waals surface area contributed by atoms with Crippen LogP contribution in [0.5, 0.6) is 5.75 Å². The molecule has 2 heterocycles. The molecule has 0 spiro atoms. The van der Waals surface area contributed by atoms with Crippen molar-refractivity contribution in [2.75, 3.05) is 18.5 Å². The lowest BCUT2D eigenvalue weighted by Gasteiger charge is -2.24. The van der Waals surface area contributed by atoms with E-state index in [0.29, 0.717) is 17.1 Å². The lowest BCUT2D eigenvalue weighted by Crippen LogP contribution is -2.40. The topological polar surface area (TPSA) is 85.3 Å². The van der Waals surface area contributed by atoms with E-state index in [1.54, 1.807) is 41.2 Å². The second-order valence-electron chi connectivity index (χ2n) is 6.73.